The summed E-state index contributed by atoms with van der Waals surface area (Å²) in [5, 5.41) is 24.3. The number of halogens is 1. The van der Waals surface area contributed by atoms with Crippen LogP contribution in [0.1, 0.15) is 39.2 Å². The van der Waals surface area contributed by atoms with Crippen molar-refractivity contribution in [2.75, 3.05) is 28.7 Å². The number of rotatable bonds is 4. The number of ether oxygens (including phenoxy) is 3. The summed E-state index contributed by atoms with van der Waals surface area (Å²) >= 11 is 0. The summed E-state index contributed by atoms with van der Waals surface area (Å²) in [6.45, 7) is 6.80. The van der Waals surface area contributed by atoms with Crippen LogP contribution in [0.3, 0.4) is 0 Å². The minimum absolute atomic E-state index is 0.000916. The zero-order chi connectivity index (χ0) is 31.1. The van der Waals surface area contributed by atoms with E-state index in [1.54, 1.807) is 27.7 Å². The zero-order valence-corrected chi connectivity index (χ0v) is 23.9. The average Bonchev–Trinajstić information content (AvgIpc) is 2.91. The van der Waals surface area contributed by atoms with Crippen LogP contribution in [0, 0.1) is 30.0 Å². The standard InChI is InChI=1S/C29H29FN6O7/c1-14-19(12-33-25-24(14)36(28(39)40)5-6-41-25)18-9-16-10-21(34-26(37)42-17-7-15(8-17)11-31)32-13-20(16)23(22(18)30)35-27(38)43-29(2,3)4/h9-10,12-13,15,17H,5-8H2,1-4H3,(H,35,38)(H,39,40)(H,32,34,37)/t15-,17+. The summed E-state index contributed by atoms with van der Waals surface area (Å²) in [6, 6.07) is 5.08. The fraction of sp³-hybridized carbons (Fsp3) is 0.379. The maximum Gasteiger partial charge on any atom is 0.413 e. The number of amides is 3. The Morgan fingerprint density at radius 1 is 1.14 bits per heavy atom. The first-order valence-corrected chi connectivity index (χ1v) is 13.5. The van der Waals surface area contributed by atoms with Gasteiger partial charge in [-0.05, 0) is 50.8 Å². The maximum atomic E-state index is 16.3. The number of hydrogen-bond donors (Lipinski definition) is 3. The number of nitrogens with one attached hydrogen (secondary N) is 2. The predicted octanol–water partition coefficient (Wildman–Crippen LogP) is 5.82. The van der Waals surface area contributed by atoms with Crippen molar-refractivity contribution in [2.45, 2.75) is 52.2 Å². The van der Waals surface area contributed by atoms with Crippen LogP contribution in [0.15, 0.2) is 24.5 Å². The molecule has 1 aliphatic heterocycles. The quantitative estimate of drug-likeness (QED) is 0.335. The summed E-state index contributed by atoms with van der Waals surface area (Å²) in [7, 11) is 0. The molecule has 14 heteroatoms. The first-order valence-electron chi connectivity index (χ1n) is 13.5. The minimum atomic E-state index is -1.21. The number of carboxylic acid groups (broad SMARTS) is 1. The number of hydrogen-bond acceptors (Lipinski definition) is 9. The average molecular weight is 593 g/mol. The Hall–Kier alpha value is -5.19. The van der Waals surface area contributed by atoms with Gasteiger partial charge in [-0.3, -0.25) is 15.5 Å². The highest BCUT2D eigenvalue weighted by molar-refractivity contribution is 6.04. The normalized spacial score (nSPS) is 17.5. The number of anilines is 3. The van der Waals surface area contributed by atoms with Gasteiger partial charge in [0, 0.05) is 41.7 Å². The van der Waals surface area contributed by atoms with E-state index in [-0.39, 0.29) is 64.8 Å². The van der Waals surface area contributed by atoms with Crippen LogP contribution in [0.25, 0.3) is 21.9 Å². The van der Waals surface area contributed by atoms with Gasteiger partial charge in [-0.25, -0.2) is 28.7 Å². The molecule has 13 nitrogen and oxygen atoms in total. The number of benzene rings is 1. The molecule has 1 aliphatic carbocycles. The van der Waals surface area contributed by atoms with Gasteiger partial charge in [0.1, 0.15) is 29.8 Å². The SMILES string of the molecule is Cc1c(-c2cc3cc(NC(=O)O[C@H]4C[C@@H](C#N)C4)ncc3c(NC(=O)OC(C)(C)C)c2F)cnc2c1N(C(=O)O)CCO2. The van der Waals surface area contributed by atoms with E-state index in [4.69, 9.17) is 19.5 Å². The fourth-order valence-corrected chi connectivity index (χ4v) is 4.92. The predicted molar refractivity (Wildman–Crippen MR) is 153 cm³/mol. The third-order valence-corrected chi connectivity index (χ3v) is 6.99. The van der Waals surface area contributed by atoms with Gasteiger partial charge in [0.2, 0.25) is 5.88 Å². The van der Waals surface area contributed by atoms with Crippen LogP contribution >= 0.6 is 0 Å². The molecule has 1 aromatic carbocycles. The summed E-state index contributed by atoms with van der Waals surface area (Å²) in [5.41, 5.74) is -0.267. The van der Waals surface area contributed by atoms with E-state index >= 15 is 4.39 Å². The molecule has 0 atom stereocenters. The molecule has 2 aliphatic rings. The number of nitriles is 1. The summed E-state index contributed by atoms with van der Waals surface area (Å²) < 4.78 is 32.5. The molecule has 3 amide bonds. The molecule has 0 bridgehead atoms. The molecule has 3 N–H and O–H groups in total. The number of nitrogens with zero attached hydrogens (tertiary/aromatic N) is 4. The second kappa shape index (κ2) is 11.2. The number of pyridine rings is 2. The zero-order valence-electron chi connectivity index (χ0n) is 23.9. The molecule has 43 heavy (non-hydrogen) atoms. The van der Waals surface area contributed by atoms with Crippen LogP contribution in [-0.2, 0) is 9.47 Å². The Bertz CT molecular complexity index is 1680. The smallest absolute Gasteiger partial charge is 0.413 e. The monoisotopic (exact) mass is 592 g/mol. The van der Waals surface area contributed by atoms with Gasteiger partial charge < -0.3 is 19.3 Å². The van der Waals surface area contributed by atoms with Crippen molar-refractivity contribution in [3.8, 4) is 23.1 Å². The van der Waals surface area contributed by atoms with Crippen molar-refractivity contribution in [3.05, 3.63) is 35.9 Å². The van der Waals surface area contributed by atoms with Crippen LogP contribution < -0.4 is 20.3 Å². The van der Waals surface area contributed by atoms with Gasteiger partial charge in [-0.15, -0.1) is 0 Å². The van der Waals surface area contributed by atoms with Gasteiger partial charge in [-0.1, -0.05) is 0 Å². The highest BCUT2D eigenvalue weighted by atomic mass is 19.1. The Kier molecular flexibility index (Phi) is 7.66. The number of carbonyl (C=O) groups is 3. The van der Waals surface area contributed by atoms with E-state index in [2.05, 4.69) is 26.7 Å². The Balaban J connectivity index is 1.57. The molecule has 0 unspecified atom stereocenters. The number of carbonyl (C=O) groups excluding carboxylic acids is 2. The van der Waals surface area contributed by atoms with E-state index in [1.165, 1.54) is 24.5 Å². The molecule has 0 spiro atoms. The van der Waals surface area contributed by atoms with Gasteiger partial charge >= 0.3 is 18.3 Å². The lowest BCUT2D eigenvalue weighted by Gasteiger charge is -2.29. The van der Waals surface area contributed by atoms with Gasteiger partial charge in [0.05, 0.1) is 24.2 Å². The van der Waals surface area contributed by atoms with E-state index < -0.39 is 29.7 Å². The molecule has 224 valence electrons. The van der Waals surface area contributed by atoms with E-state index in [9.17, 15) is 19.5 Å². The Labute approximate surface area is 245 Å². The summed E-state index contributed by atoms with van der Waals surface area (Å²) in [5.74, 6) is -0.776. The lowest BCUT2D eigenvalue weighted by atomic mass is 9.84. The lowest BCUT2D eigenvalue weighted by molar-refractivity contribution is 0.0417. The number of aromatic nitrogens is 2. The lowest BCUT2D eigenvalue weighted by Crippen LogP contribution is -2.37. The van der Waals surface area contributed by atoms with Crippen molar-refractivity contribution >= 4 is 46.2 Å². The van der Waals surface area contributed by atoms with Crippen molar-refractivity contribution < 1.29 is 38.1 Å². The molecule has 1 fully saturated rings. The Morgan fingerprint density at radius 3 is 2.56 bits per heavy atom. The first kappa shape index (κ1) is 29.3. The molecule has 0 saturated heterocycles. The summed E-state index contributed by atoms with van der Waals surface area (Å²) in [4.78, 5) is 46.6. The highest BCUT2D eigenvalue weighted by Gasteiger charge is 2.33. The van der Waals surface area contributed by atoms with E-state index in [1.807, 2.05) is 0 Å². The Morgan fingerprint density at radius 2 is 1.88 bits per heavy atom. The molecular weight excluding hydrogens is 563 g/mol. The van der Waals surface area contributed by atoms with Crippen molar-refractivity contribution in [2.24, 2.45) is 5.92 Å². The fourth-order valence-electron chi connectivity index (χ4n) is 4.92. The molecule has 0 radical (unpaired) electrons. The van der Waals surface area contributed by atoms with Crippen LogP contribution in [0.2, 0.25) is 0 Å². The topological polar surface area (TPSA) is 176 Å². The third kappa shape index (κ3) is 6.06. The largest absolute Gasteiger partial charge is 0.474 e. The molecule has 1 saturated carbocycles. The molecule has 3 heterocycles. The van der Waals surface area contributed by atoms with Crippen molar-refractivity contribution in [1.82, 2.24) is 9.97 Å². The van der Waals surface area contributed by atoms with Gasteiger partial charge in [-0.2, -0.15) is 5.26 Å². The number of fused-ring (bicyclic) bond motifs is 2. The summed E-state index contributed by atoms with van der Waals surface area (Å²) in [6.07, 6.45) is 0.319. The van der Waals surface area contributed by atoms with Crippen LogP contribution in [-0.4, -0.2) is 58.2 Å². The van der Waals surface area contributed by atoms with Crippen LogP contribution in [0.5, 0.6) is 5.88 Å². The van der Waals surface area contributed by atoms with E-state index in [0.29, 0.717) is 23.8 Å². The molecular formula is C29H29FN6O7. The molecule has 2 aromatic heterocycles. The maximum absolute atomic E-state index is 16.3. The van der Waals surface area contributed by atoms with Gasteiger partial charge in [0.25, 0.3) is 0 Å². The highest BCUT2D eigenvalue weighted by Crippen LogP contribution is 2.42. The first-order chi connectivity index (χ1) is 20.3. The third-order valence-electron chi connectivity index (χ3n) is 6.99. The van der Waals surface area contributed by atoms with Crippen molar-refractivity contribution in [1.29, 1.82) is 5.26 Å². The van der Waals surface area contributed by atoms with Crippen LogP contribution in [0.4, 0.5) is 36.0 Å². The minimum Gasteiger partial charge on any atom is -0.474 e. The molecule has 5 rings (SSSR count). The second-order valence-corrected chi connectivity index (χ2v) is 11.2. The van der Waals surface area contributed by atoms with E-state index in [0.717, 1.165) is 4.90 Å². The van der Waals surface area contributed by atoms with Crippen molar-refractivity contribution in [3.63, 3.8) is 0 Å². The molecule has 3 aromatic rings. The second-order valence-electron chi connectivity index (χ2n) is 11.2. The van der Waals surface area contributed by atoms with Gasteiger partial charge in [0.15, 0.2) is 5.82 Å².